The summed E-state index contributed by atoms with van der Waals surface area (Å²) in [4.78, 5) is 0. The lowest BCUT2D eigenvalue weighted by Gasteiger charge is -2.20. The first-order chi connectivity index (χ1) is 8.69. The zero-order valence-electron chi connectivity index (χ0n) is 11.4. The minimum atomic E-state index is -0.830. The monoisotopic (exact) mass is 269 g/mol. The van der Waals surface area contributed by atoms with E-state index in [4.69, 9.17) is 4.74 Å². The minimum absolute atomic E-state index is 0.0959. The Bertz CT molecular complexity index is 382. The van der Waals surface area contributed by atoms with Crippen LogP contribution in [0.15, 0.2) is 24.3 Å². The van der Waals surface area contributed by atoms with Crippen molar-refractivity contribution in [2.75, 3.05) is 25.2 Å². The molecule has 1 rings (SSSR count). The third-order valence-electron chi connectivity index (χ3n) is 2.64. The largest absolute Gasteiger partial charge is 0.494 e. The van der Waals surface area contributed by atoms with Crippen LogP contribution in [0.3, 0.4) is 0 Å². The summed E-state index contributed by atoms with van der Waals surface area (Å²) >= 11 is 0. The van der Waals surface area contributed by atoms with Gasteiger partial charge in [0.15, 0.2) is 0 Å². The van der Waals surface area contributed by atoms with Crippen LogP contribution in [0, 0.1) is 0 Å². The van der Waals surface area contributed by atoms with Crippen molar-refractivity contribution in [3.05, 3.63) is 29.8 Å². The van der Waals surface area contributed by atoms with E-state index in [9.17, 15) is 4.21 Å². The molecule has 18 heavy (non-hydrogen) atoms. The normalized spacial score (nSPS) is 14.2. The van der Waals surface area contributed by atoms with Gasteiger partial charge in [0.05, 0.1) is 6.61 Å². The summed E-state index contributed by atoms with van der Waals surface area (Å²) in [6.45, 7) is 5.67. The van der Waals surface area contributed by atoms with E-state index in [0.717, 1.165) is 24.3 Å². The Morgan fingerprint density at radius 1 is 1.33 bits per heavy atom. The fraction of sp³-hybridized carbons (Fsp3) is 0.571. The van der Waals surface area contributed by atoms with Gasteiger partial charge in [-0.3, -0.25) is 4.21 Å². The van der Waals surface area contributed by atoms with Crippen LogP contribution in [0.25, 0.3) is 0 Å². The van der Waals surface area contributed by atoms with Crippen molar-refractivity contribution in [1.82, 2.24) is 5.32 Å². The first-order valence-electron chi connectivity index (χ1n) is 6.44. The van der Waals surface area contributed by atoms with Gasteiger partial charge in [-0.25, -0.2) is 0 Å². The molecule has 0 aliphatic heterocycles. The summed E-state index contributed by atoms with van der Waals surface area (Å²) in [5.41, 5.74) is 1.10. The van der Waals surface area contributed by atoms with Gasteiger partial charge in [-0.15, -0.1) is 0 Å². The van der Waals surface area contributed by atoms with E-state index in [1.54, 1.807) is 6.26 Å². The molecule has 3 nitrogen and oxygen atoms in total. The zero-order chi connectivity index (χ0) is 13.4. The lowest BCUT2D eigenvalue weighted by molar-refractivity contribution is 0.332. The summed E-state index contributed by atoms with van der Waals surface area (Å²) in [5.74, 6) is 1.50. The molecule has 0 amide bonds. The number of nitrogens with one attached hydrogen (secondary N) is 1. The molecule has 0 aliphatic carbocycles. The third kappa shape index (κ3) is 4.78. The Kier molecular flexibility index (Phi) is 6.98. The van der Waals surface area contributed by atoms with Crippen molar-refractivity contribution in [1.29, 1.82) is 0 Å². The van der Waals surface area contributed by atoms with Gasteiger partial charge in [0.25, 0.3) is 0 Å². The molecule has 0 radical (unpaired) electrons. The van der Waals surface area contributed by atoms with E-state index in [1.807, 2.05) is 31.2 Å². The van der Waals surface area contributed by atoms with Crippen molar-refractivity contribution >= 4 is 10.8 Å². The van der Waals surface area contributed by atoms with Crippen molar-refractivity contribution in [2.45, 2.75) is 26.3 Å². The van der Waals surface area contributed by atoms with Gasteiger partial charge in [-0.05, 0) is 26.0 Å². The second-order valence-electron chi connectivity index (χ2n) is 4.22. The second kappa shape index (κ2) is 8.27. The molecule has 0 fully saturated rings. The Morgan fingerprint density at radius 3 is 2.67 bits per heavy atom. The molecular formula is C14H23NO2S. The van der Waals surface area contributed by atoms with Gasteiger partial charge >= 0.3 is 0 Å². The quantitative estimate of drug-likeness (QED) is 0.788. The molecule has 2 atom stereocenters. The highest BCUT2D eigenvalue weighted by atomic mass is 32.2. The van der Waals surface area contributed by atoms with Crippen LogP contribution >= 0.6 is 0 Å². The smallest absolute Gasteiger partial charge is 0.124 e. The first-order valence-corrected chi connectivity index (χ1v) is 8.16. The number of rotatable bonds is 8. The molecule has 0 saturated carbocycles. The van der Waals surface area contributed by atoms with Gasteiger partial charge in [0, 0.05) is 34.4 Å². The highest BCUT2D eigenvalue weighted by molar-refractivity contribution is 7.84. The average molecular weight is 269 g/mol. The summed E-state index contributed by atoms with van der Waals surface area (Å²) in [6.07, 6.45) is 2.80. The number of hydrogen-bond acceptors (Lipinski definition) is 3. The van der Waals surface area contributed by atoms with Crippen LogP contribution in [0.2, 0.25) is 0 Å². The van der Waals surface area contributed by atoms with E-state index >= 15 is 0 Å². The molecule has 1 aromatic rings. The molecule has 0 heterocycles. The Hall–Kier alpha value is -0.870. The van der Waals surface area contributed by atoms with Crippen LogP contribution in [0.5, 0.6) is 5.75 Å². The van der Waals surface area contributed by atoms with E-state index < -0.39 is 10.8 Å². The van der Waals surface area contributed by atoms with Gasteiger partial charge in [-0.1, -0.05) is 25.1 Å². The highest BCUT2D eigenvalue weighted by Crippen LogP contribution is 2.25. The maximum Gasteiger partial charge on any atom is 0.124 e. The maximum atomic E-state index is 11.5. The fourth-order valence-electron chi connectivity index (χ4n) is 1.87. The number of para-hydroxylation sites is 1. The van der Waals surface area contributed by atoms with Crippen molar-refractivity contribution in [3.8, 4) is 5.75 Å². The molecule has 0 spiro atoms. The van der Waals surface area contributed by atoms with Gasteiger partial charge < -0.3 is 10.1 Å². The lowest BCUT2D eigenvalue weighted by atomic mass is 10.1. The van der Waals surface area contributed by atoms with Crippen molar-refractivity contribution < 1.29 is 8.95 Å². The van der Waals surface area contributed by atoms with Gasteiger partial charge in [0.1, 0.15) is 5.75 Å². The molecule has 0 saturated heterocycles. The Morgan fingerprint density at radius 2 is 2.06 bits per heavy atom. The minimum Gasteiger partial charge on any atom is -0.494 e. The molecule has 4 heteroatoms. The molecule has 2 unspecified atom stereocenters. The van der Waals surface area contributed by atoms with Gasteiger partial charge in [-0.2, -0.15) is 0 Å². The molecular weight excluding hydrogens is 246 g/mol. The molecule has 0 aromatic heterocycles. The number of hydrogen-bond donors (Lipinski definition) is 1. The van der Waals surface area contributed by atoms with E-state index in [1.165, 1.54) is 0 Å². The molecule has 0 aliphatic rings. The standard InChI is InChI=1S/C14H23NO2S/c1-4-10-15-13(11-18(3)16)12-8-6-7-9-14(12)17-5-2/h6-9,13,15H,4-5,10-11H2,1-3H3. The lowest BCUT2D eigenvalue weighted by Crippen LogP contribution is -2.27. The average Bonchev–Trinajstić information content (AvgIpc) is 2.35. The van der Waals surface area contributed by atoms with Crippen LogP contribution < -0.4 is 10.1 Å². The summed E-state index contributed by atoms with van der Waals surface area (Å²) in [5, 5.41) is 3.44. The molecule has 102 valence electrons. The van der Waals surface area contributed by atoms with Gasteiger partial charge in [0.2, 0.25) is 0 Å². The fourth-order valence-corrected chi connectivity index (χ4v) is 2.63. The number of benzene rings is 1. The topological polar surface area (TPSA) is 38.3 Å². The van der Waals surface area contributed by atoms with E-state index in [0.29, 0.717) is 12.4 Å². The summed E-state index contributed by atoms with van der Waals surface area (Å²) < 4.78 is 17.1. The van der Waals surface area contributed by atoms with E-state index in [-0.39, 0.29) is 6.04 Å². The summed E-state index contributed by atoms with van der Waals surface area (Å²) in [7, 11) is -0.830. The third-order valence-corrected chi connectivity index (χ3v) is 3.44. The van der Waals surface area contributed by atoms with Crippen LogP contribution in [-0.4, -0.2) is 29.4 Å². The zero-order valence-corrected chi connectivity index (χ0v) is 12.3. The van der Waals surface area contributed by atoms with Crippen molar-refractivity contribution in [3.63, 3.8) is 0 Å². The second-order valence-corrected chi connectivity index (χ2v) is 5.70. The maximum absolute atomic E-state index is 11.5. The van der Waals surface area contributed by atoms with E-state index in [2.05, 4.69) is 12.2 Å². The first kappa shape index (κ1) is 15.2. The van der Waals surface area contributed by atoms with Crippen molar-refractivity contribution in [2.24, 2.45) is 0 Å². The van der Waals surface area contributed by atoms with Crippen LogP contribution in [0.1, 0.15) is 31.9 Å². The number of ether oxygens (including phenoxy) is 1. The SMILES string of the molecule is CCCNC(CS(C)=O)c1ccccc1OCC. The Balaban J connectivity index is 2.91. The predicted molar refractivity (Wildman–Crippen MR) is 77.6 cm³/mol. The molecule has 1 aromatic carbocycles. The van der Waals surface area contributed by atoms with Crippen LogP contribution in [-0.2, 0) is 10.8 Å². The Labute approximate surface area is 112 Å². The molecule has 1 N–H and O–H groups in total. The van der Waals surface area contributed by atoms with Crippen LogP contribution in [0.4, 0.5) is 0 Å². The molecule has 0 bridgehead atoms. The highest BCUT2D eigenvalue weighted by Gasteiger charge is 2.16. The summed E-state index contributed by atoms with van der Waals surface area (Å²) in [6, 6.07) is 8.08. The predicted octanol–water partition coefficient (Wildman–Crippen LogP) is 2.50.